The van der Waals surface area contributed by atoms with Crippen LogP contribution in [0.5, 0.6) is 0 Å². The highest BCUT2D eigenvalue weighted by atomic mass is 15.1. The van der Waals surface area contributed by atoms with Gasteiger partial charge in [-0.15, -0.1) is 0 Å². The van der Waals surface area contributed by atoms with Crippen LogP contribution in [0.3, 0.4) is 0 Å². The summed E-state index contributed by atoms with van der Waals surface area (Å²) in [6.45, 7) is 4.74. The van der Waals surface area contributed by atoms with Gasteiger partial charge in [0, 0.05) is 22.4 Å². The van der Waals surface area contributed by atoms with Crippen molar-refractivity contribution in [1.82, 2.24) is 0 Å². The smallest absolute Gasteiger partial charge is 0.0546 e. The summed E-state index contributed by atoms with van der Waals surface area (Å²) in [5.74, 6) is 0. The van der Waals surface area contributed by atoms with Crippen LogP contribution in [0.2, 0.25) is 0 Å². The number of hydrogen-bond donors (Lipinski definition) is 0. The molecule has 12 rings (SSSR count). The average Bonchev–Trinajstić information content (AvgIpc) is 3.59. The van der Waals surface area contributed by atoms with E-state index < -0.39 is 0 Å². The molecule has 1 heteroatoms. The molecule has 0 bridgehead atoms. The van der Waals surface area contributed by atoms with Crippen molar-refractivity contribution < 1.29 is 0 Å². The molecule has 11 aromatic carbocycles. The second-order valence-electron chi connectivity index (χ2n) is 17.6. The SMILES string of the molecule is CC1(C)c2ccccc2-c2ccc(N(c3ccc(-c4ccc(-c5ccccc5)cc4)cc3)c3cccc(-c4cc5ccccc5c5ccccc45)c3-c3cccc4ccccc34)cc21. The lowest BCUT2D eigenvalue weighted by Gasteiger charge is -2.31. The Bertz CT molecular complexity index is 3560. The van der Waals surface area contributed by atoms with Gasteiger partial charge < -0.3 is 4.90 Å². The maximum atomic E-state index is 2.51. The first-order valence-electron chi connectivity index (χ1n) is 22.3. The van der Waals surface area contributed by atoms with Crippen molar-refractivity contribution in [2.75, 3.05) is 4.90 Å². The Morgan fingerprint density at radius 3 is 1.58 bits per heavy atom. The molecule has 0 amide bonds. The van der Waals surface area contributed by atoms with Gasteiger partial charge in [0.2, 0.25) is 0 Å². The molecule has 0 spiro atoms. The molecule has 0 fully saturated rings. The topological polar surface area (TPSA) is 3.24 Å². The summed E-state index contributed by atoms with van der Waals surface area (Å²) < 4.78 is 0. The number of hydrogen-bond acceptors (Lipinski definition) is 1. The van der Waals surface area contributed by atoms with Gasteiger partial charge in [0.1, 0.15) is 0 Å². The second kappa shape index (κ2) is 15.1. The zero-order valence-corrected chi connectivity index (χ0v) is 36.0. The minimum atomic E-state index is -0.159. The lowest BCUT2D eigenvalue weighted by Crippen LogP contribution is -2.17. The molecule has 0 unspecified atom stereocenters. The van der Waals surface area contributed by atoms with Gasteiger partial charge >= 0.3 is 0 Å². The van der Waals surface area contributed by atoms with Gasteiger partial charge in [-0.2, -0.15) is 0 Å². The second-order valence-corrected chi connectivity index (χ2v) is 17.6. The highest BCUT2D eigenvalue weighted by molar-refractivity contribution is 6.17. The Balaban J connectivity index is 1.11. The molecule has 11 aromatic rings. The minimum absolute atomic E-state index is 0.159. The van der Waals surface area contributed by atoms with Crippen LogP contribution in [0, 0.1) is 0 Å². The van der Waals surface area contributed by atoms with E-state index in [9.17, 15) is 0 Å². The summed E-state index contributed by atoms with van der Waals surface area (Å²) in [7, 11) is 0. The van der Waals surface area contributed by atoms with Gasteiger partial charge in [0.15, 0.2) is 0 Å². The first kappa shape index (κ1) is 37.7. The Morgan fingerprint density at radius 1 is 0.297 bits per heavy atom. The molecule has 0 radical (unpaired) electrons. The summed E-state index contributed by atoms with van der Waals surface area (Å²) in [6.07, 6.45) is 0. The van der Waals surface area contributed by atoms with Crippen LogP contribution < -0.4 is 4.90 Å². The van der Waals surface area contributed by atoms with E-state index in [-0.39, 0.29) is 5.41 Å². The third-order valence-electron chi connectivity index (χ3n) is 13.7. The average molecular weight is 816 g/mol. The molecule has 0 atom stereocenters. The van der Waals surface area contributed by atoms with Gasteiger partial charge in [0.05, 0.1) is 5.69 Å². The summed E-state index contributed by atoms with van der Waals surface area (Å²) >= 11 is 0. The summed E-state index contributed by atoms with van der Waals surface area (Å²) in [5.41, 5.74) is 18.2. The Kier molecular flexibility index (Phi) is 8.91. The van der Waals surface area contributed by atoms with Crippen molar-refractivity contribution in [1.29, 1.82) is 0 Å². The van der Waals surface area contributed by atoms with E-state index in [1.54, 1.807) is 0 Å². The van der Waals surface area contributed by atoms with Crippen molar-refractivity contribution in [3.05, 3.63) is 248 Å². The fraction of sp³-hybridized carbons (Fsp3) is 0.0476. The highest BCUT2D eigenvalue weighted by Gasteiger charge is 2.36. The normalized spacial score (nSPS) is 12.7. The van der Waals surface area contributed by atoms with Gasteiger partial charge in [-0.1, -0.05) is 214 Å². The number of anilines is 3. The molecular weight excluding hydrogens is 771 g/mol. The number of fused-ring (bicyclic) bond motifs is 7. The van der Waals surface area contributed by atoms with Crippen LogP contribution in [-0.2, 0) is 5.41 Å². The van der Waals surface area contributed by atoms with E-state index in [1.165, 1.54) is 99.1 Å². The van der Waals surface area contributed by atoms with Gasteiger partial charge in [0.25, 0.3) is 0 Å². The van der Waals surface area contributed by atoms with E-state index in [0.29, 0.717) is 0 Å². The predicted octanol–water partition coefficient (Wildman–Crippen LogP) is 17.6. The highest BCUT2D eigenvalue weighted by Crippen LogP contribution is 2.53. The van der Waals surface area contributed by atoms with E-state index in [2.05, 4.69) is 255 Å². The first-order chi connectivity index (χ1) is 31.5. The van der Waals surface area contributed by atoms with E-state index >= 15 is 0 Å². The van der Waals surface area contributed by atoms with E-state index in [0.717, 1.165) is 17.1 Å². The van der Waals surface area contributed by atoms with Crippen molar-refractivity contribution in [3.8, 4) is 55.6 Å². The molecule has 0 saturated carbocycles. The first-order valence-corrected chi connectivity index (χ1v) is 22.3. The monoisotopic (exact) mass is 815 g/mol. The van der Waals surface area contributed by atoms with Crippen LogP contribution in [0.4, 0.5) is 17.1 Å². The van der Waals surface area contributed by atoms with Crippen molar-refractivity contribution in [2.45, 2.75) is 19.3 Å². The van der Waals surface area contributed by atoms with Gasteiger partial charge in [-0.25, -0.2) is 0 Å². The fourth-order valence-electron chi connectivity index (χ4n) is 10.5. The van der Waals surface area contributed by atoms with Crippen LogP contribution in [0.15, 0.2) is 237 Å². The predicted molar refractivity (Wildman–Crippen MR) is 273 cm³/mol. The Hall–Kier alpha value is -8.00. The van der Waals surface area contributed by atoms with Gasteiger partial charge in [-0.05, 0) is 130 Å². The van der Waals surface area contributed by atoms with Crippen LogP contribution >= 0.6 is 0 Å². The molecule has 64 heavy (non-hydrogen) atoms. The number of benzene rings is 11. The molecule has 302 valence electrons. The summed E-state index contributed by atoms with van der Waals surface area (Å²) in [4.78, 5) is 2.51. The molecule has 0 N–H and O–H groups in total. The minimum Gasteiger partial charge on any atom is -0.310 e. The lowest BCUT2D eigenvalue weighted by atomic mass is 9.82. The molecule has 0 aliphatic heterocycles. The molecule has 0 saturated heterocycles. The maximum Gasteiger partial charge on any atom is 0.0546 e. The molecular formula is C63H45N. The third kappa shape index (κ3) is 6.15. The van der Waals surface area contributed by atoms with E-state index in [4.69, 9.17) is 0 Å². The summed E-state index contributed by atoms with van der Waals surface area (Å²) in [5, 5.41) is 7.44. The van der Waals surface area contributed by atoms with Crippen molar-refractivity contribution >= 4 is 49.4 Å². The van der Waals surface area contributed by atoms with Crippen LogP contribution in [0.1, 0.15) is 25.0 Å². The third-order valence-corrected chi connectivity index (χ3v) is 13.7. The molecule has 0 heterocycles. The Morgan fingerprint density at radius 2 is 0.812 bits per heavy atom. The van der Waals surface area contributed by atoms with Crippen molar-refractivity contribution in [2.24, 2.45) is 0 Å². The zero-order chi connectivity index (χ0) is 42.8. The van der Waals surface area contributed by atoms with Crippen LogP contribution in [-0.4, -0.2) is 0 Å². The lowest BCUT2D eigenvalue weighted by molar-refractivity contribution is 0.660. The van der Waals surface area contributed by atoms with E-state index in [1.807, 2.05) is 0 Å². The largest absolute Gasteiger partial charge is 0.310 e. The molecule has 1 aliphatic rings. The molecule has 1 nitrogen and oxygen atoms in total. The molecule has 0 aromatic heterocycles. The van der Waals surface area contributed by atoms with Crippen LogP contribution in [0.25, 0.3) is 88.0 Å². The number of nitrogens with zero attached hydrogens (tertiary/aromatic N) is 1. The standard InChI is InChI=1S/C63H45N/c1-63(2)59-28-13-12-25-54(59)55-39-38-49(41-60(55)63)64(48-36-34-45(35-37-48)44-32-30-43(31-33-44)42-16-4-3-5-17-42)61-29-15-27-57(62(61)56-26-14-20-46-18-6-8-21-50(46)56)58-40-47-19-7-9-22-51(47)52-23-10-11-24-53(52)58/h3-41H,1-2H3. The molecule has 1 aliphatic carbocycles. The summed E-state index contributed by atoms with van der Waals surface area (Å²) in [6, 6.07) is 87.4. The zero-order valence-electron chi connectivity index (χ0n) is 36.0. The van der Waals surface area contributed by atoms with Crippen molar-refractivity contribution in [3.63, 3.8) is 0 Å². The fourth-order valence-corrected chi connectivity index (χ4v) is 10.5. The maximum absolute atomic E-state index is 2.51. The Labute approximate surface area is 375 Å². The quantitative estimate of drug-likeness (QED) is 0.145. The number of rotatable bonds is 7. The van der Waals surface area contributed by atoms with Gasteiger partial charge in [-0.3, -0.25) is 0 Å².